The van der Waals surface area contributed by atoms with Gasteiger partial charge in [0.2, 0.25) is 0 Å². The molecule has 0 spiro atoms. The van der Waals surface area contributed by atoms with Crippen molar-refractivity contribution >= 4 is 35.3 Å². The maximum Gasteiger partial charge on any atom is 0.0502 e. The average molecular weight is 1320 g/mol. The van der Waals surface area contributed by atoms with Crippen molar-refractivity contribution in [3.8, 4) is 0 Å². The molecule has 0 saturated heterocycles. The number of rotatable bonds is 38. The molecule has 0 bridgehead atoms. The van der Waals surface area contributed by atoms with E-state index in [1.165, 1.54) is 268 Å². The van der Waals surface area contributed by atoms with E-state index in [0.717, 1.165) is 80.8 Å². The number of hydrogen-bond acceptors (Lipinski definition) is 3. The summed E-state index contributed by atoms with van der Waals surface area (Å²) in [5, 5.41) is 0.859. The molecular formula is C88H170S3. The lowest BCUT2D eigenvalue weighted by atomic mass is 9.67. The highest BCUT2D eigenvalue weighted by atomic mass is 32.2. The van der Waals surface area contributed by atoms with Crippen molar-refractivity contribution in [1.82, 2.24) is 0 Å². The van der Waals surface area contributed by atoms with Gasteiger partial charge in [0.1, 0.15) is 0 Å². The molecule has 0 N–H and O–H groups in total. The third-order valence-corrected chi connectivity index (χ3v) is 28.6. The summed E-state index contributed by atoms with van der Waals surface area (Å²) in [5.74, 6) is 15.7. The predicted molar refractivity (Wildman–Crippen MR) is 423 cm³/mol. The Kier molecular flexibility index (Phi) is 37.0. The molecule has 0 heterocycles. The molecule has 91 heavy (non-hydrogen) atoms. The lowest BCUT2D eigenvalue weighted by Gasteiger charge is -2.39. The molecule has 0 radical (unpaired) electrons. The first kappa shape index (κ1) is 84.5. The van der Waals surface area contributed by atoms with Gasteiger partial charge in [0.05, 0.1) is 4.58 Å². The molecule has 0 nitrogen and oxygen atoms in total. The van der Waals surface area contributed by atoms with Crippen LogP contribution in [0, 0.1) is 114 Å². The third-order valence-electron chi connectivity index (χ3n) is 24.3. The van der Waals surface area contributed by atoms with Gasteiger partial charge in [0, 0.05) is 5.25 Å². The molecule has 0 aromatic rings. The van der Waals surface area contributed by atoms with Gasteiger partial charge in [0.25, 0.3) is 0 Å². The van der Waals surface area contributed by atoms with Gasteiger partial charge < -0.3 is 0 Å². The molecule has 0 aliphatic heterocycles. The smallest absolute Gasteiger partial charge is 0.0502 e. The number of thioether (sulfide) groups is 3. The summed E-state index contributed by atoms with van der Waals surface area (Å²) in [6.07, 6.45) is 57.2. The lowest BCUT2D eigenvalue weighted by Crippen LogP contribution is -2.27. The first-order chi connectivity index (χ1) is 42.0. The average Bonchev–Trinajstić information content (AvgIpc) is 1.28. The predicted octanol–water partition coefficient (Wildman–Crippen LogP) is 30.9. The van der Waals surface area contributed by atoms with E-state index in [-0.39, 0.29) is 0 Å². The summed E-state index contributed by atoms with van der Waals surface area (Å²) in [6.45, 7) is 59.7. The van der Waals surface area contributed by atoms with E-state index < -0.39 is 0 Å². The molecule has 540 valence electrons. The molecule has 13 atom stereocenters. The Bertz CT molecular complexity index is 1790. The van der Waals surface area contributed by atoms with Gasteiger partial charge in [-0.3, -0.25) is 0 Å². The molecule has 13 unspecified atom stereocenters. The third kappa shape index (κ3) is 40.8. The second-order valence-electron chi connectivity index (χ2n) is 43.2. The molecule has 0 aromatic heterocycles. The number of unbranched alkanes of at least 4 members (excludes halogenated alkanes) is 2. The van der Waals surface area contributed by atoms with Crippen LogP contribution in [0.4, 0.5) is 0 Å². The lowest BCUT2D eigenvalue weighted by molar-refractivity contribution is 0.127. The topological polar surface area (TPSA) is 0 Å². The SMILES string of the molecule is CC(C)(C)CCC1CCC(CCC(C)(C)C)C(CCSC(CCCCCC(SCCC2CCC(CCC(C)(C)C)CC2CCC(C)(C)C)SCCC2CCC(CCC(C)(C)C)CC2CCC(C)(C)C)CCCC2CCC(CCC(C)(C)C)C(CCC(C)(C)C)C2)C1. The van der Waals surface area contributed by atoms with E-state index in [4.69, 9.17) is 0 Å². The maximum absolute atomic E-state index is 2.50. The van der Waals surface area contributed by atoms with E-state index >= 15 is 0 Å². The van der Waals surface area contributed by atoms with Crippen molar-refractivity contribution in [2.24, 2.45) is 114 Å². The van der Waals surface area contributed by atoms with Crippen LogP contribution in [0.5, 0.6) is 0 Å². The molecule has 4 saturated carbocycles. The molecule has 4 fully saturated rings. The van der Waals surface area contributed by atoms with Crippen LogP contribution in [0.3, 0.4) is 0 Å². The zero-order chi connectivity index (χ0) is 67.9. The van der Waals surface area contributed by atoms with E-state index in [9.17, 15) is 0 Å². The normalized spacial score (nSPS) is 28.0. The van der Waals surface area contributed by atoms with Crippen molar-refractivity contribution in [2.75, 3.05) is 17.3 Å². The zero-order valence-electron chi connectivity index (χ0n) is 67.0. The van der Waals surface area contributed by atoms with Crippen molar-refractivity contribution in [3.05, 3.63) is 0 Å². The van der Waals surface area contributed by atoms with Crippen LogP contribution in [-0.4, -0.2) is 27.1 Å². The van der Waals surface area contributed by atoms with Crippen LogP contribution in [0.15, 0.2) is 0 Å². The summed E-state index contributed by atoms with van der Waals surface area (Å²) in [7, 11) is 0. The van der Waals surface area contributed by atoms with Crippen LogP contribution < -0.4 is 0 Å². The second-order valence-corrected chi connectivity index (χ2v) is 47.5. The van der Waals surface area contributed by atoms with Gasteiger partial charge in [-0.1, -0.05) is 224 Å². The van der Waals surface area contributed by atoms with Crippen LogP contribution >= 0.6 is 35.3 Å². The van der Waals surface area contributed by atoms with Gasteiger partial charge in [-0.25, -0.2) is 0 Å². The number of hydrogen-bond donors (Lipinski definition) is 0. The highest BCUT2D eigenvalue weighted by molar-refractivity contribution is 8.17. The van der Waals surface area contributed by atoms with Gasteiger partial charge in [-0.15, -0.1) is 23.5 Å². The van der Waals surface area contributed by atoms with E-state index in [2.05, 4.69) is 201 Å². The van der Waals surface area contributed by atoms with Crippen LogP contribution in [-0.2, 0) is 0 Å². The van der Waals surface area contributed by atoms with Crippen molar-refractivity contribution in [3.63, 3.8) is 0 Å². The van der Waals surface area contributed by atoms with Crippen molar-refractivity contribution in [1.29, 1.82) is 0 Å². The zero-order valence-corrected chi connectivity index (χ0v) is 69.5. The molecule has 0 amide bonds. The second kappa shape index (κ2) is 39.9. The van der Waals surface area contributed by atoms with E-state index in [1.54, 1.807) is 0 Å². The van der Waals surface area contributed by atoms with Gasteiger partial charge in [-0.2, -0.15) is 11.8 Å². The Hall–Kier alpha value is 1.05. The fourth-order valence-electron chi connectivity index (χ4n) is 17.8. The standard InChI is InChI=1S/C88H170S3/c1-81(2,3)52-41-68-35-39-73(76(64-68)47-58-87(19,20)21)49-61-90-80(91-62-50-74-40-36-69(42-53-82(4,5)6)65-77(74)48-59-88(22,23)24)32-27-25-26-30-79(31-28-29-67-33-37-71(44-55-84(10,11)12)75(63-67)46-57-86(16,17)18)89-60-51-78-66-70(43-54-83(7,8)9)34-38-72(78)45-56-85(13,14)15/h67-80H,25-66H2,1-24H3. The van der Waals surface area contributed by atoms with Crippen molar-refractivity contribution < 1.29 is 0 Å². The quantitative estimate of drug-likeness (QED) is 0.0447. The van der Waals surface area contributed by atoms with Crippen LogP contribution in [0.25, 0.3) is 0 Å². The Labute approximate surface area is 589 Å². The first-order valence-electron chi connectivity index (χ1n) is 40.9. The first-order valence-corrected chi connectivity index (χ1v) is 44.0. The Balaban J connectivity index is 1.48. The summed E-state index contributed by atoms with van der Waals surface area (Å²) < 4.78 is 0.780. The van der Waals surface area contributed by atoms with Gasteiger partial charge >= 0.3 is 0 Å². The van der Waals surface area contributed by atoms with Crippen LogP contribution in [0.1, 0.15) is 417 Å². The molecular weight excluding hydrogens is 1150 g/mol. The molecule has 0 aromatic carbocycles. The highest BCUT2D eigenvalue weighted by Gasteiger charge is 2.37. The minimum Gasteiger partial charge on any atom is -0.159 e. The fourth-order valence-corrected chi connectivity index (χ4v) is 22.3. The summed E-state index contributed by atoms with van der Waals surface area (Å²) >= 11 is 7.40. The maximum atomic E-state index is 2.50. The minimum atomic E-state index is 0.441. The fraction of sp³-hybridized carbons (Fsp3) is 1.00. The van der Waals surface area contributed by atoms with E-state index in [0.29, 0.717) is 43.3 Å². The van der Waals surface area contributed by atoms with Gasteiger partial charge in [-0.05, 0) is 324 Å². The van der Waals surface area contributed by atoms with Crippen LogP contribution in [0.2, 0.25) is 0 Å². The summed E-state index contributed by atoms with van der Waals surface area (Å²) in [4.78, 5) is 0. The minimum absolute atomic E-state index is 0.441. The molecule has 4 rings (SSSR count). The monoisotopic (exact) mass is 1320 g/mol. The molecule has 4 aliphatic carbocycles. The Morgan fingerprint density at radius 3 is 0.802 bits per heavy atom. The van der Waals surface area contributed by atoms with Crippen molar-refractivity contribution in [2.45, 2.75) is 426 Å². The summed E-state index contributed by atoms with van der Waals surface area (Å²) in [6, 6.07) is 0. The molecule has 4 aliphatic rings. The van der Waals surface area contributed by atoms with E-state index in [1.807, 2.05) is 0 Å². The largest absolute Gasteiger partial charge is 0.159 e. The summed E-state index contributed by atoms with van der Waals surface area (Å²) in [5.41, 5.74) is 3.61. The Morgan fingerprint density at radius 2 is 0.473 bits per heavy atom. The highest BCUT2D eigenvalue weighted by Crippen LogP contribution is 2.49. The molecule has 3 heteroatoms. The Morgan fingerprint density at radius 1 is 0.231 bits per heavy atom. The van der Waals surface area contributed by atoms with Gasteiger partial charge in [0.15, 0.2) is 0 Å².